The van der Waals surface area contributed by atoms with E-state index in [1.807, 2.05) is 0 Å². The fourth-order valence-electron chi connectivity index (χ4n) is 6.42. The number of rotatable bonds is 6. The van der Waals surface area contributed by atoms with E-state index >= 15 is 0 Å². The van der Waals surface area contributed by atoms with Gasteiger partial charge in [-0.25, -0.2) is 0 Å². The zero-order valence-electron chi connectivity index (χ0n) is 18.7. The molecule has 1 spiro atoms. The number of carbonyl (C=O) groups is 2. The minimum absolute atomic E-state index is 0.0602. The van der Waals surface area contributed by atoms with Crippen LogP contribution in [-0.2, 0) is 23.8 Å². The molecular weight excluding hydrogens is 384 g/mol. The van der Waals surface area contributed by atoms with E-state index in [9.17, 15) is 14.7 Å². The van der Waals surface area contributed by atoms with Gasteiger partial charge in [0.05, 0.1) is 6.10 Å². The number of allylic oxidation sites excluding steroid dienone is 2. The zero-order chi connectivity index (χ0) is 22.3. The van der Waals surface area contributed by atoms with Crippen LogP contribution in [0.15, 0.2) is 24.8 Å². The van der Waals surface area contributed by atoms with Crippen LogP contribution in [0.5, 0.6) is 0 Å². The van der Waals surface area contributed by atoms with Crippen LogP contribution in [0.3, 0.4) is 0 Å². The van der Waals surface area contributed by atoms with Crippen molar-refractivity contribution >= 4 is 11.9 Å². The quantitative estimate of drug-likeness (QED) is 0.514. The molecule has 0 unspecified atom stereocenters. The van der Waals surface area contributed by atoms with Crippen molar-refractivity contribution in [3.05, 3.63) is 24.8 Å². The van der Waals surface area contributed by atoms with Crippen molar-refractivity contribution in [2.24, 2.45) is 28.6 Å². The van der Waals surface area contributed by atoms with E-state index in [-0.39, 0.29) is 17.3 Å². The monoisotopic (exact) mass is 420 g/mol. The van der Waals surface area contributed by atoms with Crippen molar-refractivity contribution in [1.29, 1.82) is 0 Å². The van der Waals surface area contributed by atoms with Crippen molar-refractivity contribution < 1.29 is 28.9 Å². The van der Waals surface area contributed by atoms with Crippen molar-refractivity contribution in [1.82, 2.24) is 0 Å². The molecule has 3 aliphatic rings. The van der Waals surface area contributed by atoms with Crippen molar-refractivity contribution in [2.45, 2.75) is 84.9 Å². The lowest BCUT2D eigenvalue weighted by atomic mass is 9.44. The molecule has 1 aliphatic heterocycles. The van der Waals surface area contributed by atoms with Crippen LogP contribution in [0.25, 0.3) is 0 Å². The maximum absolute atomic E-state index is 11.9. The SMILES string of the molecule is C=CC(=C)CC[C@]1(C)[C@H](C)CC[C@@]23[C@@H](OC(C)=O)O[C@H](OC(C)=O)[C@@H]2C[C@H](O)C[C@@H]13. The van der Waals surface area contributed by atoms with Gasteiger partial charge in [0.15, 0.2) is 0 Å². The largest absolute Gasteiger partial charge is 0.435 e. The fourth-order valence-corrected chi connectivity index (χ4v) is 6.42. The Morgan fingerprint density at radius 2 is 1.90 bits per heavy atom. The lowest BCUT2D eigenvalue weighted by Crippen LogP contribution is -2.60. The summed E-state index contributed by atoms with van der Waals surface area (Å²) in [4.78, 5) is 23.7. The molecular formula is C24H36O6. The first kappa shape index (κ1) is 23.0. The van der Waals surface area contributed by atoms with Gasteiger partial charge in [0.2, 0.25) is 12.6 Å². The highest BCUT2D eigenvalue weighted by Gasteiger charge is 2.70. The van der Waals surface area contributed by atoms with Gasteiger partial charge < -0.3 is 19.3 Å². The molecule has 0 aromatic carbocycles. The summed E-state index contributed by atoms with van der Waals surface area (Å²) in [6.45, 7) is 15.2. The van der Waals surface area contributed by atoms with Gasteiger partial charge in [-0.15, -0.1) is 0 Å². The molecule has 2 saturated carbocycles. The van der Waals surface area contributed by atoms with E-state index in [0.29, 0.717) is 18.8 Å². The zero-order valence-corrected chi connectivity index (χ0v) is 18.7. The maximum atomic E-state index is 11.9. The van der Waals surface area contributed by atoms with E-state index in [2.05, 4.69) is 27.0 Å². The molecule has 0 amide bonds. The summed E-state index contributed by atoms with van der Waals surface area (Å²) in [7, 11) is 0. The van der Waals surface area contributed by atoms with Gasteiger partial charge in [0.25, 0.3) is 0 Å². The molecule has 2 aliphatic carbocycles. The molecule has 0 aromatic heterocycles. The van der Waals surface area contributed by atoms with Crippen LogP contribution in [-0.4, -0.2) is 35.7 Å². The van der Waals surface area contributed by atoms with E-state index < -0.39 is 36.0 Å². The Morgan fingerprint density at radius 3 is 2.50 bits per heavy atom. The molecule has 168 valence electrons. The topological polar surface area (TPSA) is 82.1 Å². The molecule has 0 radical (unpaired) electrons. The van der Waals surface area contributed by atoms with Crippen LogP contribution in [0.2, 0.25) is 0 Å². The smallest absolute Gasteiger partial charge is 0.304 e. The summed E-state index contributed by atoms with van der Waals surface area (Å²) < 4.78 is 17.3. The summed E-state index contributed by atoms with van der Waals surface area (Å²) in [6.07, 6.45) is 4.25. The Hall–Kier alpha value is -1.66. The van der Waals surface area contributed by atoms with Crippen molar-refractivity contribution in [2.75, 3.05) is 0 Å². The minimum Gasteiger partial charge on any atom is -0.435 e. The van der Waals surface area contributed by atoms with Crippen LogP contribution in [0, 0.1) is 28.6 Å². The fraction of sp³-hybridized carbons (Fsp3) is 0.750. The molecule has 0 aromatic rings. The number of hydrogen-bond donors (Lipinski definition) is 1. The summed E-state index contributed by atoms with van der Waals surface area (Å²) in [5.74, 6) is -0.590. The van der Waals surface area contributed by atoms with Crippen LogP contribution < -0.4 is 0 Å². The average Bonchev–Trinajstić information content (AvgIpc) is 2.94. The summed E-state index contributed by atoms with van der Waals surface area (Å²) >= 11 is 0. The Bertz CT molecular complexity index is 716. The third-order valence-electron chi connectivity index (χ3n) is 8.16. The Morgan fingerprint density at radius 1 is 1.23 bits per heavy atom. The van der Waals surface area contributed by atoms with Gasteiger partial charge in [-0.05, 0) is 55.8 Å². The standard InChI is InChI=1S/C24H36O6/c1-7-14(2)8-10-23(6)15(3)9-11-24-19(12-18(27)13-20(23)24)21(28-16(4)25)30-22(24)29-17(5)26/h7,15,18-22,27H,1-2,8-13H2,3-6H3/t15-,18+,19+,20+,21+,22+,23-,24-/m1/s1. The molecule has 8 atom stereocenters. The normalized spacial score (nSPS) is 42.6. The minimum atomic E-state index is -0.815. The van der Waals surface area contributed by atoms with Gasteiger partial charge in [-0.1, -0.05) is 38.7 Å². The second-order valence-corrected chi connectivity index (χ2v) is 9.76. The van der Waals surface area contributed by atoms with E-state index in [1.54, 1.807) is 6.08 Å². The number of aliphatic hydroxyl groups is 1. The first-order chi connectivity index (χ1) is 14.0. The average molecular weight is 421 g/mol. The molecule has 6 nitrogen and oxygen atoms in total. The van der Waals surface area contributed by atoms with Crippen LogP contribution in [0.4, 0.5) is 0 Å². The lowest BCUT2D eigenvalue weighted by molar-refractivity contribution is -0.237. The Balaban J connectivity index is 2.05. The molecule has 0 bridgehead atoms. The Kier molecular flexibility index (Phi) is 6.49. The highest BCUT2D eigenvalue weighted by molar-refractivity contribution is 5.66. The van der Waals surface area contributed by atoms with Crippen LogP contribution >= 0.6 is 0 Å². The predicted octanol–water partition coefficient (Wildman–Crippen LogP) is 4.13. The molecule has 6 heteroatoms. The predicted molar refractivity (Wildman–Crippen MR) is 112 cm³/mol. The third kappa shape index (κ3) is 3.84. The lowest BCUT2D eigenvalue weighted by Gasteiger charge is -2.60. The number of hydrogen-bond acceptors (Lipinski definition) is 6. The molecule has 3 rings (SSSR count). The summed E-state index contributed by atoms with van der Waals surface area (Å²) in [5.41, 5.74) is 0.395. The second kappa shape index (κ2) is 8.46. The number of aliphatic hydroxyl groups excluding tert-OH is 1. The molecule has 1 heterocycles. The second-order valence-electron chi connectivity index (χ2n) is 9.76. The van der Waals surface area contributed by atoms with Crippen LogP contribution in [0.1, 0.15) is 66.2 Å². The number of carbonyl (C=O) groups excluding carboxylic acids is 2. The summed E-state index contributed by atoms with van der Waals surface area (Å²) in [5, 5.41) is 10.8. The van der Waals surface area contributed by atoms with Gasteiger partial charge in [-0.2, -0.15) is 0 Å². The number of esters is 2. The van der Waals surface area contributed by atoms with Gasteiger partial charge in [0.1, 0.15) is 0 Å². The Labute approximate surface area is 179 Å². The molecule has 1 N–H and O–H groups in total. The molecule has 1 saturated heterocycles. The van der Waals surface area contributed by atoms with Gasteiger partial charge >= 0.3 is 11.9 Å². The number of ether oxygens (including phenoxy) is 3. The molecule has 30 heavy (non-hydrogen) atoms. The van der Waals surface area contributed by atoms with Crippen molar-refractivity contribution in [3.63, 3.8) is 0 Å². The summed E-state index contributed by atoms with van der Waals surface area (Å²) in [6, 6.07) is 0. The highest BCUT2D eigenvalue weighted by atomic mass is 16.8. The van der Waals surface area contributed by atoms with Gasteiger partial charge in [-0.3, -0.25) is 9.59 Å². The maximum Gasteiger partial charge on any atom is 0.304 e. The highest BCUT2D eigenvalue weighted by Crippen LogP contribution is 2.68. The van der Waals surface area contributed by atoms with E-state index in [0.717, 1.165) is 31.3 Å². The van der Waals surface area contributed by atoms with Crippen molar-refractivity contribution in [3.8, 4) is 0 Å². The first-order valence-corrected chi connectivity index (χ1v) is 11.0. The van der Waals surface area contributed by atoms with Gasteiger partial charge in [0, 0.05) is 25.2 Å². The molecule has 3 fully saturated rings. The van der Waals surface area contributed by atoms with E-state index in [4.69, 9.17) is 14.2 Å². The third-order valence-corrected chi connectivity index (χ3v) is 8.16. The van der Waals surface area contributed by atoms with E-state index in [1.165, 1.54) is 13.8 Å². The first-order valence-electron chi connectivity index (χ1n) is 11.0.